The summed E-state index contributed by atoms with van der Waals surface area (Å²) in [6.07, 6.45) is -0.708. The van der Waals surface area contributed by atoms with Crippen LogP contribution in [-0.4, -0.2) is 33.9 Å². The van der Waals surface area contributed by atoms with Crippen molar-refractivity contribution in [3.63, 3.8) is 0 Å². The largest absolute Gasteiger partial charge is 0.448 e. The van der Waals surface area contributed by atoms with E-state index in [9.17, 15) is 14.4 Å². The van der Waals surface area contributed by atoms with Crippen molar-refractivity contribution in [3.05, 3.63) is 34.3 Å². The number of ketones is 1. The van der Waals surface area contributed by atoms with Gasteiger partial charge in [0.15, 0.2) is 17.7 Å². The molecule has 0 aliphatic heterocycles. The Morgan fingerprint density at radius 1 is 1.32 bits per heavy atom. The number of esters is 1. The SMILES string of the molecule is CC[C@H](OC(=O)c1[nH]c(C)c(C(C)=O)c1C)C(=O)Nc1cc(C)on1. The third-order valence-corrected chi connectivity index (χ3v) is 3.79. The molecule has 2 rings (SSSR count). The molecule has 0 radical (unpaired) electrons. The van der Waals surface area contributed by atoms with E-state index in [0.29, 0.717) is 22.6 Å². The first-order valence-electron chi connectivity index (χ1n) is 7.89. The molecule has 1 amide bonds. The van der Waals surface area contributed by atoms with Gasteiger partial charge in [-0.1, -0.05) is 12.1 Å². The lowest BCUT2D eigenvalue weighted by Crippen LogP contribution is -2.32. The highest BCUT2D eigenvalue weighted by atomic mass is 16.5. The number of carbonyl (C=O) groups is 3. The van der Waals surface area contributed by atoms with E-state index < -0.39 is 18.0 Å². The fourth-order valence-electron chi connectivity index (χ4n) is 2.62. The molecule has 0 aliphatic carbocycles. The van der Waals surface area contributed by atoms with Crippen molar-refractivity contribution >= 4 is 23.5 Å². The van der Waals surface area contributed by atoms with Gasteiger partial charge in [0.05, 0.1) is 0 Å². The van der Waals surface area contributed by atoms with Crippen LogP contribution in [0.15, 0.2) is 10.6 Å². The van der Waals surface area contributed by atoms with Gasteiger partial charge in [0.2, 0.25) is 0 Å². The van der Waals surface area contributed by atoms with E-state index in [2.05, 4.69) is 15.5 Å². The zero-order chi connectivity index (χ0) is 18.7. The minimum Gasteiger partial charge on any atom is -0.448 e. The molecule has 0 saturated carbocycles. The lowest BCUT2D eigenvalue weighted by atomic mass is 10.1. The molecular weight excluding hydrogens is 326 g/mol. The van der Waals surface area contributed by atoms with Crippen LogP contribution >= 0.6 is 0 Å². The van der Waals surface area contributed by atoms with Crippen molar-refractivity contribution < 1.29 is 23.6 Å². The second-order valence-electron chi connectivity index (χ2n) is 5.80. The molecule has 134 valence electrons. The normalized spacial score (nSPS) is 11.9. The number of H-pyrrole nitrogens is 1. The Kier molecular flexibility index (Phi) is 5.41. The van der Waals surface area contributed by atoms with E-state index in [1.54, 1.807) is 33.8 Å². The number of aromatic amines is 1. The maximum Gasteiger partial charge on any atom is 0.355 e. The van der Waals surface area contributed by atoms with Gasteiger partial charge in [-0.3, -0.25) is 9.59 Å². The van der Waals surface area contributed by atoms with Gasteiger partial charge in [-0.2, -0.15) is 0 Å². The summed E-state index contributed by atoms with van der Waals surface area (Å²) in [5, 5.41) is 6.20. The summed E-state index contributed by atoms with van der Waals surface area (Å²) in [5.74, 6) is -0.530. The molecule has 0 bridgehead atoms. The van der Waals surface area contributed by atoms with Gasteiger partial charge in [-0.25, -0.2) is 4.79 Å². The van der Waals surface area contributed by atoms with E-state index in [1.165, 1.54) is 6.92 Å². The Morgan fingerprint density at radius 3 is 2.48 bits per heavy atom. The van der Waals surface area contributed by atoms with Crippen LogP contribution in [0.5, 0.6) is 0 Å². The van der Waals surface area contributed by atoms with Crippen molar-refractivity contribution in [2.75, 3.05) is 5.32 Å². The van der Waals surface area contributed by atoms with Crippen LogP contribution in [0.2, 0.25) is 0 Å². The topological polar surface area (TPSA) is 114 Å². The van der Waals surface area contributed by atoms with Crippen LogP contribution in [-0.2, 0) is 9.53 Å². The number of aromatic nitrogens is 2. The number of carbonyl (C=O) groups excluding carboxylic acids is 3. The summed E-state index contributed by atoms with van der Waals surface area (Å²) in [4.78, 5) is 39.2. The molecule has 2 aromatic rings. The van der Waals surface area contributed by atoms with Crippen LogP contribution in [0.1, 0.15) is 58.1 Å². The summed E-state index contributed by atoms with van der Waals surface area (Å²) >= 11 is 0. The number of anilines is 1. The predicted molar refractivity (Wildman–Crippen MR) is 89.6 cm³/mol. The maximum atomic E-state index is 12.4. The highest BCUT2D eigenvalue weighted by Gasteiger charge is 2.26. The number of aryl methyl sites for hydroxylation is 2. The lowest BCUT2D eigenvalue weighted by molar-refractivity contribution is -0.124. The van der Waals surface area contributed by atoms with E-state index in [1.807, 2.05) is 0 Å². The van der Waals surface area contributed by atoms with Gasteiger partial charge < -0.3 is 19.6 Å². The van der Waals surface area contributed by atoms with E-state index in [-0.39, 0.29) is 23.7 Å². The van der Waals surface area contributed by atoms with Gasteiger partial charge in [-0.05, 0) is 39.7 Å². The zero-order valence-electron chi connectivity index (χ0n) is 14.9. The third kappa shape index (κ3) is 3.96. The molecule has 0 aliphatic rings. The number of ether oxygens (including phenoxy) is 1. The molecule has 0 fully saturated rings. The first-order valence-corrected chi connectivity index (χ1v) is 7.89. The zero-order valence-corrected chi connectivity index (χ0v) is 14.9. The number of nitrogens with zero attached hydrogens (tertiary/aromatic N) is 1. The standard InChI is InChI=1S/C17H21N3O5/c1-6-12(16(22)19-13-7-8(2)25-20-13)24-17(23)15-9(3)14(11(5)21)10(4)18-15/h7,12,18H,6H2,1-5H3,(H,19,20,22)/t12-/m0/s1. The van der Waals surface area contributed by atoms with Crippen molar-refractivity contribution in [1.29, 1.82) is 0 Å². The minimum atomic E-state index is -0.992. The Hall–Kier alpha value is -2.90. The summed E-state index contributed by atoms with van der Waals surface area (Å²) < 4.78 is 10.2. The van der Waals surface area contributed by atoms with Crippen LogP contribution in [0.25, 0.3) is 0 Å². The molecule has 8 nitrogen and oxygen atoms in total. The van der Waals surface area contributed by atoms with Crippen molar-refractivity contribution in [1.82, 2.24) is 10.1 Å². The number of Topliss-reactive ketones (excluding diaryl/α,β-unsaturated/α-hetero) is 1. The second kappa shape index (κ2) is 7.33. The fourth-order valence-corrected chi connectivity index (χ4v) is 2.62. The first-order chi connectivity index (χ1) is 11.7. The fraction of sp³-hybridized carbons (Fsp3) is 0.412. The molecular formula is C17H21N3O5. The number of amides is 1. The van der Waals surface area contributed by atoms with Crippen molar-refractivity contribution in [2.24, 2.45) is 0 Å². The van der Waals surface area contributed by atoms with Crippen molar-refractivity contribution in [2.45, 2.75) is 47.1 Å². The quantitative estimate of drug-likeness (QED) is 0.613. The summed E-state index contributed by atoms with van der Waals surface area (Å²) in [5.41, 5.74) is 1.73. The second-order valence-corrected chi connectivity index (χ2v) is 5.80. The Bertz CT molecular complexity index is 818. The molecule has 25 heavy (non-hydrogen) atoms. The maximum absolute atomic E-state index is 12.4. The smallest absolute Gasteiger partial charge is 0.355 e. The number of nitrogens with one attached hydrogen (secondary N) is 2. The minimum absolute atomic E-state index is 0.142. The molecule has 2 heterocycles. The van der Waals surface area contributed by atoms with Crippen molar-refractivity contribution in [3.8, 4) is 0 Å². The lowest BCUT2D eigenvalue weighted by Gasteiger charge is -2.15. The molecule has 8 heteroatoms. The molecule has 1 atom stereocenters. The highest BCUT2D eigenvalue weighted by Crippen LogP contribution is 2.20. The predicted octanol–water partition coefficient (Wildman–Crippen LogP) is 2.70. The molecule has 0 spiro atoms. The summed E-state index contributed by atoms with van der Waals surface area (Å²) in [6, 6.07) is 1.56. The van der Waals surface area contributed by atoms with Crippen LogP contribution in [0, 0.1) is 20.8 Å². The summed E-state index contributed by atoms with van der Waals surface area (Å²) in [6.45, 7) is 8.22. The Balaban J connectivity index is 2.13. The Labute approximate surface area is 144 Å². The van der Waals surface area contributed by atoms with Gasteiger partial charge >= 0.3 is 5.97 Å². The summed E-state index contributed by atoms with van der Waals surface area (Å²) in [7, 11) is 0. The van der Waals surface area contributed by atoms with Gasteiger partial charge in [0.1, 0.15) is 11.5 Å². The molecule has 2 aromatic heterocycles. The van der Waals surface area contributed by atoms with E-state index in [4.69, 9.17) is 9.26 Å². The van der Waals surface area contributed by atoms with E-state index in [0.717, 1.165) is 0 Å². The van der Waals surface area contributed by atoms with Crippen LogP contribution in [0.3, 0.4) is 0 Å². The monoisotopic (exact) mass is 347 g/mol. The number of rotatable bonds is 6. The van der Waals surface area contributed by atoms with E-state index >= 15 is 0 Å². The van der Waals surface area contributed by atoms with Crippen LogP contribution in [0.4, 0.5) is 5.82 Å². The molecule has 0 aromatic carbocycles. The third-order valence-electron chi connectivity index (χ3n) is 3.79. The first kappa shape index (κ1) is 18.4. The Morgan fingerprint density at radius 2 is 2.00 bits per heavy atom. The highest BCUT2D eigenvalue weighted by molar-refractivity contribution is 6.02. The average molecular weight is 347 g/mol. The number of hydrogen-bond donors (Lipinski definition) is 2. The number of hydrogen-bond acceptors (Lipinski definition) is 6. The van der Waals surface area contributed by atoms with Crippen LogP contribution < -0.4 is 5.32 Å². The molecule has 0 unspecified atom stereocenters. The van der Waals surface area contributed by atoms with Gasteiger partial charge in [-0.15, -0.1) is 0 Å². The average Bonchev–Trinajstić information content (AvgIpc) is 3.07. The van der Waals surface area contributed by atoms with Gasteiger partial charge in [0.25, 0.3) is 5.91 Å². The van der Waals surface area contributed by atoms with Gasteiger partial charge in [0, 0.05) is 17.3 Å². The molecule has 2 N–H and O–H groups in total. The molecule has 0 saturated heterocycles.